The van der Waals surface area contributed by atoms with E-state index in [0.717, 1.165) is 48.2 Å². The first-order valence-corrected chi connectivity index (χ1v) is 15.5. The van der Waals surface area contributed by atoms with E-state index in [0.29, 0.717) is 31.3 Å². The molecule has 9 nitrogen and oxygen atoms in total. The Labute approximate surface area is 259 Å². The number of hydrogen-bond acceptors (Lipinski definition) is 6. The summed E-state index contributed by atoms with van der Waals surface area (Å²) in [5.41, 5.74) is 4.05. The highest BCUT2D eigenvalue weighted by atomic mass is 16.5. The molecule has 5 rings (SSSR count). The molecule has 0 bridgehead atoms. The first-order valence-electron chi connectivity index (χ1n) is 15.5. The highest BCUT2D eigenvalue weighted by Crippen LogP contribution is 2.30. The molecule has 3 aromatic carbocycles. The zero-order valence-corrected chi connectivity index (χ0v) is 25.8. The van der Waals surface area contributed by atoms with Crippen molar-refractivity contribution >= 4 is 28.4 Å². The number of piperazine rings is 1. The highest BCUT2D eigenvalue weighted by Gasteiger charge is 2.30. The largest absolute Gasteiger partial charge is 0.490 e. The van der Waals surface area contributed by atoms with Gasteiger partial charge in [0.25, 0.3) is 0 Å². The van der Waals surface area contributed by atoms with Crippen LogP contribution in [0.4, 0.5) is 5.69 Å². The van der Waals surface area contributed by atoms with Gasteiger partial charge in [-0.25, -0.2) is 0 Å². The maximum Gasteiger partial charge on any atom is 0.243 e. The zero-order chi connectivity index (χ0) is 30.9. The molecular formula is C35H43N5O4. The first-order chi connectivity index (χ1) is 21.5. The summed E-state index contributed by atoms with van der Waals surface area (Å²) in [6.45, 7) is 10.7. The van der Waals surface area contributed by atoms with E-state index in [1.54, 1.807) is 0 Å². The van der Waals surface area contributed by atoms with Gasteiger partial charge in [0.05, 0.1) is 19.8 Å². The molecule has 2 atom stereocenters. The molecule has 1 aromatic heterocycles. The third kappa shape index (κ3) is 7.52. The summed E-state index contributed by atoms with van der Waals surface area (Å²) in [4.78, 5) is 35.0. The van der Waals surface area contributed by atoms with E-state index >= 15 is 0 Å². The van der Waals surface area contributed by atoms with Crippen molar-refractivity contribution in [2.45, 2.75) is 39.3 Å². The van der Waals surface area contributed by atoms with Crippen LogP contribution >= 0.6 is 0 Å². The van der Waals surface area contributed by atoms with Crippen LogP contribution in [-0.2, 0) is 16.1 Å². The van der Waals surface area contributed by atoms with Crippen molar-refractivity contribution < 1.29 is 19.1 Å². The molecule has 1 saturated heterocycles. The van der Waals surface area contributed by atoms with Gasteiger partial charge >= 0.3 is 0 Å². The van der Waals surface area contributed by atoms with Crippen LogP contribution in [0.1, 0.15) is 37.8 Å². The number of para-hydroxylation sites is 2. The van der Waals surface area contributed by atoms with Gasteiger partial charge in [0.2, 0.25) is 11.8 Å². The molecule has 2 unspecified atom stereocenters. The quantitative estimate of drug-likeness (QED) is 0.207. The minimum Gasteiger partial charge on any atom is -0.490 e. The normalized spacial score (nSPS) is 15.0. The number of carbonyl (C=O) groups is 2. The summed E-state index contributed by atoms with van der Waals surface area (Å²) in [5, 5.41) is 7.19. The Morgan fingerprint density at radius 1 is 0.886 bits per heavy atom. The van der Waals surface area contributed by atoms with Crippen LogP contribution < -0.4 is 25.0 Å². The molecule has 0 aliphatic carbocycles. The Morgan fingerprint density at radius 3 is 2.34 bits per heavy atom. The van der Waals surface area contributed by atoms with Crippen LogP contribution in [0.3, 0.4) is 0 Å². The second-order valence-corrected chi connectivity index (χ2v) is 11.1. The van der Waals surface area contributed by atoms with Gasteiger partial charge in [-0.15, -0.1) is 0 Å². The second kappa shape index (κ2) is 14.8. The monoisotopic (exact) mass is 597 g/mol. The van der Waals surface area contributed by atoms with Gasteiger partial charge in [-0.3, -0.25) is 14.5 Å². The Morgan fingerprint density at radius 2 is 1.59 bits per heavy atom. The van der Waals surface area contributed by atoms with Gasteiger partial charge in [-0.2, -0.15) is 0 Å². The molecule has 0 saturated carbocycles. The topological polar surface area (TPSA) is 98.9 Å². The molecule has 1 aliphatic heterocycles. The lowest BCUT2D eigenvalue weighted by Crippen LogP contribution is -2.54. The van der Waals surface area contributed by atoms with Gasteiger partial charge in [-0.1, -0.05) is 49.4 Å². The Kier molecular flexibility index (Phi) is 10.4. The first kappa shape index (κ1) is 30.9. The smallest absolute Gasteiger partial charge is 0.243 e. The molecule has 44 heavy (non-hydrogen) atoms. The van der Waals surface area contributed by atoms with Crippen molar-refractivity contribution in [1.82, 2.24) is 20.5 Å². The molecule has 9 heteroatoms. The fourth-order valence-corrected chi connectivity index (χ4v) is 5.80. The van der Waals surface area contributed by atoms with Gasteiger partial charge in [-0.05, 0) is 55.3 Å². The number of rotatable bonds is 13. The fourth-order valence-electron chi connectivity index (χ4n) is 5.80. The molecule has 2 heterocycles. The maximum atomic E-state index is 13.8. The number of nitrogens with one attached hydrogen (secondary N) is 3. The third-order valence-electron chi connectivity index (χ3n) is 8.15. The summed E-state index contributed by atoms with van der Waals surface area (Å²) < 4.78 is 11.4. The van der Waals surface area contributed by atoms with Crippen LogP contribution in [0.5, 0.6) is 11.5 Å². The Bertz CT molecular complexity index is 1530. The summed E-state index contributed by atoms with van der Waals surface area (Å²) in [5.74, 6) is 0.642. The van der Waals surface area contributed by atoms with Crippen molar-refractivity contribution in [2.75, 3.05) is 50.8 Å². The SMILES string of the molecule is CCOc1ccc(CNC(=O)C(NC(=O)CN2CCN(c3ccccc3)CC2)C(C)c2c[nH]c3ccccc23)cc1OCC. The maximum absolute atomic E-state index is 13.8. The molecule has 1 fully saturated rings. The number of amides is 2. The molecule has 232 valence electrons. The van der Waals surface area contributed by atoms with Crippen molar-refractivity contribution in [3.63, 3.8) is 0 Å². The van der Waals surface area contributed by atoms with Gasteiger partial charge in [0, 0.05) is 61.4 Å². The van der Waals surface area contributed by atoms with E-state index in [1.807, 2.05) is 87.6 Å². The molecule has 4 aromatic rings. The minimum atomic E-state index is -0.763. The number of carbonyl (C=O) groups excluding carboxylic acids is 2. The number of hydrogen-bond donors (Lipinski definition) is 3. The van der Waals surface area contributed by atoms with Crippen molar-refractivity contribution in [3.8, 4) is 11.5 Å². The van der Waals surface area contributed by atoms with E-state index in [2.05, 4.69) is 37.6 Å². The van der Waals surface area contributed by atoms with Crippen molar-refractivity contribution in [1.29, 1.82) is 0 Å². The molecular weight excluding hydrogens is 554 g/mol. The van der Waals surface area contributed by atoms with Crippen LogP contribution in [0.25, 0.3) is 10.9 Å². The zero-order valence-electron chi connectivity index (χ0n) is 25.8. The van der Waals surface area contributed by atoms with E-state index in [9.17, 15) is 9.59 Å². The Balaban J connectivity index is 1.27. The predicted octanol–water partition coefficient (Wildman–Crippen LogP) is 4.69. The molecule has 1 aliphatic rings. The summed E-state index contributed by atoms with van der Waals surface area (Å²) in [6.07, 6.45) is 1.94. The average molecular weight is 598 g/mol. The van der Waals surface area contributed by atoms with E-state index in [1.165, 1.54) is 5.69 Å². The number of H-pyrrole nitrogens is 1. The number of fused-ring (bicyclic) bond motifs is 1. The molecule has 3 N–H and O–H groups in total. The number of aromatic nitrogens is 1. The number of aromatic amines is 1. The highest BCUT2D eigenvalue weighted by molar-refractivity contribution is 5.91. The predicted molar refractivity (Wildman–Crippen MR) is 174 cm³/mol. The summed E-state index contributed by atoms with van der Waals surface area (Å²) >= 11 is 0. The standard InChI is InChI=1S/C35H43N5O4/c1-4-43-31-16-15-26(21-32(31)44-5-2)22-37-35(42)34(25(3)29-23-36-30-14-10-9-13-28(29)30)38-33(41)24-39-17-19-40(20-18-39)27-11-7-6-8-12-27/h6-16,21,23,25,34,36H,4-5,17-20,22,24H2,1-3H3,(H,37,42)(H,38,41). The lowest BCUT2D eigenvalue weighted by Gasteiger charge is -2.36. The van der Waals surface area contributed by atoms with Gasteiger partial charge in [0.1, 0.15) is 6.04 Å². The van der Waals surface area contributed by atoms with E-state index in [-0.39, 0.29) is 24.3 Å². The minimum absolute atomic E-state index is 0.162. The summed E-state index contributed by atoms with van der Waals surface area (Å²) in [7, 11) is 0. The van der Waals surface area contributed by atoms with E-state index in [4.69, 9.17) is 9.47 Å². The third-order valence-corrected chi connectivity index (χ3v) is 8.15. The number of benzene rings is 3. The molecule has 2 amide bonds. The molecule has 0 radical (unpaired) electrons. The van der Waals surface area contributed by atoms with Crippen molar-refractivity contribution in [2.24, 2.45) is 0 Å². The van der Waals surface area contributed by atoms with Gasteiger partial charge in [0.15, 0.2) is 11.5 Å². The van der Waals surface area contributed by atoms with Crippen molar-refractivity contribution in [3.05, 3.63) is 90.1 Å². The van der Waals surface area contributed by atoms with E-state index < -0.39 is 6.04 Å². The Hall–Kier alpha value is -4.50. The fraction of sp³-hybridized carbons (Fsp3) is 0.371. The number of nitrogens with zero attached hydrogens (tertiary/aromatic N) is 2. The molecule has 0 spiro atoms. The summed E-state index contributed by atoms with van der Waals surface area (Å²) in [6, 6.07) is 23.2. The average Bonchev–Trinajstić information content (AvgIpc) is 3.48. The van der Waals surface area contributed by atoms with Crippen LogP contribution in [0.15, 0.2) is 79.0 Å². The van der Waals surface area contributed by atoms with Crippen LogP contribution in [-0.4, -0.2) is 73.7 Å². The second-order valence-electron chi connectivity index (χ2n) is 11.1. The van der Waals surface area contributed by atoms with Gasteiger partial charge < -0.3 is 30.0 Å². The lowest BCUT2D eigenvalue weighted by atomic mass is 9.92. The van der Waals surface area contributed by atoms with Crippen LogP contribution in [0.2, 0.25) is 0 Å². The lowest BCUT2D eigenvalue weighted by molar-refractivity contribution is -0.130. The number of anilines is 1. The van der Waals surface area contributed by atoms with Crippen LogP contribution in [0, 0.1) is 0 Å². The number of ether oxygens (including phenoxy) is 2.